The summed E-state index contributed by atoms with van der Waals surface area (Å²) in [5, 5.41) is 0. The van der Waals surface area contributed by atoms with E-state index in [-0.39, 0.29) is 0 Å². The van der Waals surface area contributed by atoms with E-state index in [1.54, 1.807) is 0 Å². The number of carbonyl (C=O) groups is 2. The van der Waals surface area contributed by atoms with E-state index in [1.165, 1.54) is 0 Å². The smallest absolute Gasteiger partial charge is 0.449 e. The molecule has 0 spiro atoms. The van der Waals surface area contributed by atoms with Gasteiger partial charge in [-0.25, -0.2) is 4.79 Å². The second-order valence-electron chi connectivity index (χ2n) is 4.81. The van der Waals surface area contributed by atoms with Gasteiger partial charge in [0, 0.05) is 0 Å². The maximum Gasteiger partial charge on any atom is 0.449 e. The average Bonchev–Trinajstić information content (AvgIpc) is 2.19. The van der Waals surface area contributed by atoms with E-state index in [1.807, 2.05) is 0 Å². The van der Waals surface area contributed by atoms with Crippen LogP contribution in [-0.4, -0.2) is 37.0 Å². The van der Waals surface area contributed by atoms with E-state index in [2.05, 4.69) is 9.47 Å². The average molecular weight is 310 g/mol. The van der Waals surface area contributed by atoms with Gasteiger partial charge in [-0.05, 0) is 20.8 Å². The molecule has 0 amide bonds. The molecule has 0 N–H and O–H groups in total. The lowest BCUT2D eigenvalue weighted by Crippen LogP contribution is -2.65. The van der Waals surface area contributed by atoms with Gasteiger partial charge in [-0.1, -0.05) is 0 Å². The summed E-state index contributed by atoms with van der Waals surface area (Å²) in [5.41, 5.74) is -7.03. The summed E-state index contributed by atoms with van der Waals surface area (Å²) in [5.74, 6) is -4.62. The molecule has 0 aliphatic rings. The van der Waals surface area contributed by atoms with Crippen LogP contribution in [-0.2, 0) is 19.1 Å². The van der Waals surface area contributed by atoms with Crippen LogP contribution in [0.4, 0.5) is 26.3 Å². The standard InChI is InChI=1S/C10H12F6O4/c1-7(2,3)5(17)20-8(6(18)19-4,9(11,12)13)10(14,15)16/h1-4H3. The molecule has 20 heavy (non-hydrogen) atoms. The Balaban J connectivity index is 6.06. The van der Waals surface area contributed by atoms with Crippen LogP contribution in [0.5, 0.6) is 0 Å². The van der Waals surface area contributed by atoms with Crippen molar-refractivity contribution in [2.24, 2.45) is 5.41 Å². The summed E-state index contributed by atoms with van der Waals surface area (Å²) in [7, 11) is 0.319. The Kier molecular flexibility index (Phi) is 4.75. The number of halogens is 6. The fourth-order valence-electron chi connectivity index (χ4n) is 0.985. The van der Waals surface area contributed by atoms with Crippen molar-refractivity contribution in [3.63, 3.8) is 0 Å². The summed E-state index contributed by atoms with van der Waals surface area (Å²) < 4.78 is 83.6. The summed E-state index contributed by atoms with van der Waals surface area (Å²) >= 11 is 0. The zero-order valence-corrected chi connectivity index (χ0v) is 10.9. The molecule has 0 atom stereocenters. The Labute approximate surface area is 110 Å². The molecule has 0 aliphatic heterocycles. The van der Waals surface area contributed by atoms with Gasteiger partial charge in [0.2, 0.25) is 0 Å². The molecule has 10 heteroatoms. The van der Waals surface area contributed by atoms with E-state index in [0.717, 1.165) is 20.8 Å². The van der Waals surface area contributed by atoms with Crippen molar-refractivity contribution < 1.29 is 45.4 Å². The third-order valence-electron chi connectivity index (χ3n) is 2.13. The van der Waals surface area contributed by atoms with Crippen LogP contribution in [0.2, 0.25) is 0 Å². The quantitative estimate of drug-likeness (QED) is 0.581. The van der Waals surface area contributed by atoms with Gasteiger partial charge >= 0.3 is 29.9 Å². The maximum absolute atomic E-state index is 12.8. The van der Waals surface area contributed by atoms with Crippen molar-refractivity contribution in [1.29, 1.82) is 0 Å². The van der Waals surface area contributed by atoms with Gasteiger partial charge in [-0.2, -0.15) is 26.3 Å². The molecule has 0 bridgehead atoms. The fraction of sp³-hybridized carbons (Fsp3) is 0.800. The van der Waals surface area contributed by atoms with Gasteiger partial charge in [0.05, 0.1) is 12.5 Å². The van der Waals surface area contributed by atoms with Crippen LogP contribution in [0.15, 0.2) is 0 Å². The largest absolute Gasteiger partial charge is 0.466 e. The molecule has 0 aromatic heterocycles. The summed E-state index contributed by atoms with van der Waals surface area (Å²) in [6, 6.07) is 0. The third-order valence-corrected chi connectivity index (χ3v) is 2.13. The molecule has 0 aromatic carbocycles. The SMILES string of the molecule is COC(=O)C(OC(=O)C(C)(C)C)(C(F)(F)F)C(F)(F)F. The number of hydrogen-bond acceptors (Lipinski definition) is 4. The summed E-state index contributed by atoms with van der Waals surface area (Å²) in [6.07, 6.45) is -12.4. The van der Waals surface area contributed by atoms with E-state index < -0.39 is 35.3 Å². The topological polar surface area (TPSA) is 52.6 Å². The number of hydrogen-bond donors (Lipinski definition) is 0. The van der Waals surface area contributed by atoms with Crippen LogP contribution < -0.4 is 0 Å². The van der Waals surface area contributed by atoms with Crippen LogP contribution in [0, 0.1) is 5.41 Å². The molecule has 0 saturated heterocycles. The molecule has 118 valence electrons. The molecule has 0 radical (unpaired) electrons. The molecule has 4 nitrogen and oxygen atoms in total. The van der Waals surface area contributed by atoms with Crippen LogP contribution in [0.1, 0.15) is 20.8 Å². The van der Waals surface area contributed by atoms with Gasteiger partial charge in [0.15, 0.2) is 0 Å². The van der Waals surface area contributed by atoms with Gasteiger partial charge in [-0.15, -0.1) is 0 Å². The molecular weight excluding hydrogens is 298 g/mol. The predicted molar refractivity (Wildman–Crippen MR) is 52.4 cm³/mol. The maximum atomic E-state index is 12.8. The number of ether oxygens (including phenoxy) is 2. The van der Waals surface area contributed by atoms with Gasteiger partial charge < -0.3 is 9.47 Å². The molecular formula is C10H12F6O4. The van der Waals surface area contributed by atoms with Crippen molar-refractivity contribution in [3.8, 4) is 0 Å². The third kappa shape index (κ3) is 3.15. The molecule has 0 aliphatic carbocycles. The highest BCUT2D eigenvalue weighted by molar-refractivity contribution is 5.86. The summed E-state index contributed by atoms with van der Waals surface area (Å²) in [4.78, 5) is 22.4. The molecule has 0 fully saturated rings. The van der Waals surface area contributed by atoms with Crippen LogP contribution in [0.3, 0.4) is 0 Å². The Morgan fingerprint density at radius 1 is 0.800 bits per heavy atom. The first-order valence-corrected chi connectivity index (χ1v) is 5.06. The van der Waals surface area contributed by atoms with Crippen molar-refractivity contribution in [1.82, 2.24) is 0 Å². The van der Waals surface area contributed by atoms with E-state index in [0.29, 0.717) is 7.11 Å². The highest BCUT2D eigenvalue weighted by atomic mass is 19.4. The minimum Gasteiger partial charge on any atom is -0.466 e. The number of carbonyl (C=O) groups excluding carboxylic acids is 2. The highest BCUT2D eigenvalue weighted by Crippen LogP contribution is 2.47. The molecule has 0 rings (SSSR count). The van der Waals surface area contributed by atoms with Gasteiger partial charge in [0.25, 0.3) is 0 Å². The van der Waals surface area contributed by atoms with Crippen LogP contribution >= 0.6 is 0 Å². The lowest BCUT2D eigenvalue weighted by atomic mass is 9.95. The monoisotopic (exact) mass is 310 g/mol. The van der Waals surface area contributed by atoms with Gasteiger partial charge in [-0.3, -0.25) is 4.79 Å². The highest BCUT2D eigenvalue weighted by Gasteiger charge is 2.80. The second kappa shape index (κ2) is 5.13. The number of alkyl halides is 6. The number of esters is 2. The Morgan fingerprint density at radius 2 is 1.15 bits per heavy atom. The lowest BCUT2D eigenvalue weighted by molar-refractivity contribution is -0.360. The predicted octanol–water partition coefficient (Wildman–Crippen LogP) is 2.61. The first-order valence-electron chi connectivity index (χ1n) is 5.06. The van der Waals surface area contributed by atoms with Gasteiger partial charge in [0.1, 0.15) is 0 Å². The van der Waals surface area contributed by atoms with Crippen molar-refractivity contribution in [3.05, 3.63) is 0 Å². The number of rotatable bonds is 2. The lowest BCUT2D eigenvalue weighted by Gasteiger charge is -2.35. The Morgan fingerprint density at radius 3 is 1.35 bits per heavy atom. The molecule has 0 heterocycles. The zero-order chi connectivity index (χ0) is 16.6. The minimum absolute atomic E-state index is 0.319. The van der Waals surface area contributed by atoms with Crippen molar-refractivity contribution in [2.75, 3.05) is 7.11 Å². The van der Waals surface area contributed by atoms with Crippen LogP contribution in [0.25, 0.3) is 0 Å². The number of methoxy groups -OCH3 is 1. The Hall–Kier alpha value is -1.48. The van der Waals surface area contributed by atoms with Crippen molar-refractivity contribution in [2.45, 2.75) is 38.7 Å². The normalized spacial score (nSPS) is 13.9. The molecule has 0 aromatic rings. The fourth-order valence-corrected chi connectivity index (χ4v) is 0.985. The first-order chi connectivity index (χ1) is 8.61. The first kappa shape index (κ1) is 18.5. The molecule has 0 saturated carbocycles. The Bertz CT molecular complexity index is 376. The second-order valence-corrected chi connectivity index (χ2v) is 4.81. The van der Waals surface area contributed by atoms with Crippen molar-refractivity contribution >= 4 is 11.9 Å². The molecule has 0 unspecified atom stereocenters. The van der Waals surface area contributed by atoms with E-state index in [4.69, 9.17) is 0 Å². The van der Waals surface area contributed by atoms with E-state index in [9.17, 15) is 35.9 Å². The van der Waals surface area contributed by atoms with E-state index >= 15 is 0 Å². The zero-order valence-electron chi connectivity index (χ0n) is 10.9. The summed E-state index contributed by atoms with van der Waals surface area (Å²) in [6.45, 7) is 3.10. The minimum atomic E-state index is -6.22.